The molecule has 0 radical (unpaired) electrons. The predicted octanol–water partition coefficient (Wildman–Crippen LogP) is 2.59. The molecule has 0 bridgehead atoms. The third-order valence-electron chi connectivity index (χ3n) is 4.19. The highest BCUT2D eigenvalue weighted by Crippen LogP contribution is 2.18. The molecule has 2 amide bonds. The fourth-order valence-electron chi connectivity index (χ4n) is 2.74. The van der Waals surface area contributed by atoms with E-state index in [0.717, 1.165) is 5.69 Å². The lowest BCUT2D eigenvalue weighted by Gasteiger charge is -2.05. The Kier molecular flexibility index (Phi) is 6.53. The number of nitrogens with zero attached hydrogens (tertiary/aromatic N) is 5. The zero-order valence-electron chi connectivity index (χ0n) is 16.6. The number of carbonyl (C=O) groups is 2. The summed E-state index contributed by atoms with van der Waals surface area (Å²) in [6.45, 7) is 2.28. The molecule has 4 aromatic rings. The number of aryl methyl sites for hydroxylation is 1. The first kappa shape index (κ1) is 20.9. The van der Waals surface area contributed by atoms with Crippen LogP contribution >= 0.6 is 23.1 Å². The summed E-state index contributed by atoms with van der Waals surface area (Å²) in [7, 11) is 0. The molecule has 4 rings (SSSR count). The summed E-state index contributed by atoms with van der Waals surface area (Å²) in [5, 5.41) is 21.6. The molecule has 158 valence electrons. The van der Waals surface area contributed by atoms with Gasteiger partial charge in [-0.25, -0.2) is 4.98 Å². The zero-order chi connectivity index (χ0) is 21.6. The first-order valence-electron chi connectivity index (χ1n) is 9.48. The van der Waals surface area contributed by atoms with Crippen LogP contribution in [-0.2, 0) is 11.2 Å². The summed E-state index contributed by atoms with van der Waals surface area (Å²) in [6, 6.07) is 12.6. The van der Waals surface area contributed by atoms with Gasteiger partial charge in [0.05, 0.1) is 11.4 Å². The number of hydrogen-bond donors (Lipinski definition) is 2. The van der Waals surface area contributed by atoms with Gasteiger partial charge in [-0.1, -0.05) is 30.0 Å². The van der Waals surface area contributed by atoms with Crippen LogP contribution in [0.2, 0.25) is 0 Å². The van der Waals surface area contributed by atoms with Crippen LogP contribution in [0.25, 0.3) is 5.65 Å². The van der Waals surface area contributed by atoms with E-state index in [-0.39, 0.29) is 17.6 Å². The van der Waals surface area contributed by atoms with Crippen molar-refractivity contribution in [2.75, 3.05) is 17.6 Å². The van der Waals surface area contributed by atoms with Gasteiger partial charge in [0.15, 0.2) is 16.6 Å². The molecule has 0 saturated heterocycles. The molecule has 1 aromatic carbocycles. The smallest absolute Gasteiger partial charge is 0.251 e. The van der Waals surface area contributed by atoms with Gasteiger partial charge in [0.2, 0.25) is 5.91 Å². The van der Waals surface area contributed by atoms with Crippen molar-refractivity contribution in [1.82, 2.24) is 30.1 Å². The number of thiazole rings is 1. The minimum Gasteiger partial charge on any atom is -0.352 e. The second-order valence-electron chi connectivity index (χ2n) is 6.56. The molecular formula is C20H19N7O2S2. The predicted molar refractivity (Wildman–Crippen MR) is 119 cm³/mol. The van der Waals surface area contributed by atoms with E-state index in [1.54, 1.807) is 28.8 Å². The van der Waals surface area contributed by atoms with E-state index < -0.39 is 0 Å². The van der Waals surface area contributed by atoms with Crippen molar-refractivity contribution in [1.29, 1.82) is 0 Å². The standard InChI is InChI=1S/C20H19N7O2S2/c1-13-11-31-20(22-13)23-17(28)12-30-18-8-7-15-24-25-16(27(15)26-18)9-10-21-19(29)14-5-3-2-4-6-14/h2-8,11H,9-10,12H2,1H3,(H,21,29)(H,22,23,28). The maximum Gasteiger partial charge on any atom is 0.251 e. The Bertz CT molecular complexity index is 1210. The molecule has 0 aliphatic carbocycles. The highest BCUT2D eigenvalue weighted by Gasteiger charge is 2.11. The second kappa shape index (κ2) is 9.67. The Morgan fingerprint density at radius 3 is 2.74 bits per heavy atom. The van der Waals surface area contributed by atoms with Gasteiger partial charge in [-0.15, -0.1) is 21.5 Å². The average Bonchev–Trinajstić information content (AvgIpc) is 3.38. The topological polar surface area (TPSA) is 114 Å². The van der Waals surface area contributed by atoms with Crippen LogP contribution in [0, 0.1) is 6.92 Å². The third kappa shape index (κ3) is 5.44. The lowest BCUT2D eigenvalue weighted by molar-refractivity contribution is -0.113. The summed E-state index contributed by atoms with van der Waals surface area (Å²) < 4.78 is 1.64. The maximum absolute atomic E-state index is 12.2. The van der Waals surface area contributed by atoms with Crippen LogP contribution in [0.5, 0.6) is 0 Å². The molecule has 3 aromatic heterocycles. The van der Waals surface area contributed by atoms with Gasteiger partial charge >= 0.3 is 0 Å². The number of fused-ring (bicyclic) bond motifs is 1. The number of amides is 2. The number of nitrogens with one attached hydrogen (secondary N) is 2. The molecule has 2 N–H and O–H groups in total. The quantitative estimate of drug-likeness (QED) is 0.394. The summed E-state index contributed by atoms with van der Waals surface area (Å²) in [4.78, 5) is 28.5. The van der Waals surface area contributed by atoms with Gasteiger partial charge in [0.25, 0.3) is 5.91 Å². The number of anilines is 1. The van der Waals surface area contributed by atoms with Crippen molar-refractivity contribution in [2.45, 2.75) is 18.4 Å². The van der Waals surface area contributed by atoms with Crippen LogP contribution in [0.1, 0.15) is 21.9 Å². The Morgan fingerprint density at radius 1 is 1.13 bits per heavy atom. The Labute approximate surface area is 186 Å². The maximum atomic E-state index is 12.2. The molecule has 0 spiro atoms. The molecule has 9 nitrogen and oxygen atoms in total. The molecule has 31 heavy (non-hydrogen) atoms. The van der Waals surface area contributed by atoms with E-state index in [1.165, 1.54) is 23.1 Å². The van der Waals surface area contributed by atoms with E-state index in [1.807, 2.05) is 30.5 Å². The first-order chi connectivity index (χ1) is 15.1. The van der Waals surface area contributed by atoms with Crippen molar-refractivity contribution in [3.05, 3.63) is 64.9 Å². The largest absolute Gasteiger partial charge is 0.352 e. The van der Waals surface area contributed by atoms with Crippen molar-refractivity contribution in [3.8, 4) is 0 Å². The Hall–Kier alpha value is -3.31. The molecule has 0 aliphatic heterocycles. The summed E-state index contributed by atoms with van der Waals surface area (Å²) in [5.41, 5.74) is 2.09. The number of rotatable bonds is 8. The van der Waals surface area contributed by atoms with Crippen LogP contribution in [0.3, 0.4) is 0 Å². The van der Waals surface area contributed by atoms with Gasteiger partial charge in [-0.05, 0) is 31.2 Å². The van der Waals surface area contributed by atoms with E-state index >= 15 is 0 Å². The van der Waals surface area contributed by atoms with Gasteiger partial charge in [0.1, 0.15) is 5.03 Å². The van der Waals surface area contributed by atoms with E-state index in [0.29, 0.717) is 40.2 Å². The zero-order valence-corrected chi connectivity index (χ0v) is 18.2. The molecule has 0 saturated carbocycles. The van der Waals surface area contributed by atoms with Crippen LogP contribution < -0.4 is 10.6 Å². The second-order valence-corrected chi connectivity index (χ2v) is 8.41. The lowest BCUT2D eigenvalue weighted by Crippen LogP contribution is -2.26. The van der Waals surface area contributed by atoms with Crippen LogP contribution in [0.4, 0.5) is 5.13 Å². The number of benzene rings is 1. The van der Waals surface area contributed by atoms with E-state index in [4.69, 9.17) is 0 Å². The molecule has 3 heterocycles. The van der Waals surface area contributed by atoms with E-state index in [9.17, 15) is 9.59 Å². The summed E-state index contributed by atoms with van der Waals surface area (Å²) >= 11 is 2.71. The first-order valence-corrected chi connectivity index (χ1v) is 11.3. The van der Waals surface area contributed by atoms with Gasteiger partial charge in [-0.3, -0.25) is 9.59 Å². The van der Waals surface area contributed by atoms with Gasteiger partial charge < -0.3 is 10.6 Å². The SMILES string of the molecule is Cc1csc(NC(=O)CSc2ccc3nnc(CCNC(=O)c4ccccc4)n3n2)n1. The fraction of sp³-hybridized carbons (Fsp3) is 0.200. The fourth-order valence-corrected chi connectivity index (χ4v) is 4.09. The van der Waals surface area contributed by atoms with Crippen molar-refractivity contribution < 1.29 is 9.59 Å². The molecule has 11 heteroatoms. The Balaban J connectivity index is 1.33. The van der Waals surface area contributed by atoms with E-state index in [2.05, 4.69) is 30.9 Å². The monoisotopic (exact) mass is 453 g/mol. The third-order valence-corrected chi connectivity index (χ3v) is 5.99. The van der Waals surface area contributed by atoms with Crippen molar-refractivity contribution in [2.24, 2.45) is 0 Å². The van der Waals surface area contributed by atoms with Crippen molar-refractivity contribution in [3.63, 3.8) is 0 Å². The molecule has 0 atom stereocenters. The summed E-state index contributed by atoms with van der Waals surface area (Å²) in [6.07, 6.45) is 0.477. The number of carbonyl (C=O) groups excluding carboxylic acids is 2. The highest BCUT2D eigenvalue weighted by atomic mass is 32.2. The molecule has 0 aliphatic rings. The average molecular weight is 454 g/mol. The number of aromatic nitrogens is 5. The van der Waals surface area contributed by atoms with Crippen LogP contribution in [-0.4, -0.2) is 48.9 Å². The minimum atomic E-state index is -0.145. The Morgan fingerprint density at radius 2 is 1.97 bits per heavy atom. The molecule has 0 unspecified atom stereocenters. The van der Waals surface area contributed by atoms with Gasteiger partial charge in [0, 0.05) is 23.9 Å². The normalized spacial score (nSPS) is 10.9. The van der Waals surface area contributed by atoms with Gasteiger partial charge in [-0.2, -0.15) is 9.61 Å². The van der Waals surface area contributed by atoms with Crippen LogP contribution in [0.15, 0.2) is 52.9 Å². The highest BCUT2D eigenvalue weighted by molar-refractivity contribution is 7.99. The van der Waals surface area contributed by atoms with Crippen molar-refractivity contribution >= 4 is 45.7 Å². The number of hydrogen-bond acceptors (Lipinski definition) is 8. The minimum absolute atomic E-state index is 0.139. The molecular weight excluding hydrogens is 434 g/mol. The summed E-state index contributed by atoms with van der Waals surface area (Å²) in [5.74, 6) is 0.560. The number of thioether (sulfide) groups is 1. The molecule has 0 fully saturated rings. The lowest BCUT2D eigenvalue weighted by atomic mass is 10.2.